The molecule has 0 unspecified atom stereocenters. The first-order valence-corrected chi connectivity index (χ1v) is 12.0. The molecule has 0 saturated carbocycles. The fourth-order valence-corrected chi connectivity index (χ4v) is 4.58. The highest BCUT2D eigenvalue weighted by Gasteiger charge is 2.22. The molecule has 0 aliphatic rings. The Balaban J connectivity index is 1.73. The molecular formula is C25H29N3O3S. The maximum absolute atomic E-state index is 13.1. The van der Waals surface area contributed by atoms with E-state index in [0.29, 0.717) is 29.8 Å². The summed E-state index contributed by atoms with van der Waals surface area (Å²) in [5, 5.41) is 2.86. The highest BCUT2D eigenvalue weighted by atomic mass is 32.2. The van der Waals surface area contributed by atoms with Crippen LogP contribution >= 0.6 is 0 Å². The number of nitrogens with zero attached hydrogens (tertiary/aromatic N) is 1. The summed E-state index contributed by atoms with van der Waals surface area (Å²) >= 11 is 0. The molecule has 0 bridgehead atoms. The summed E-state index contributed by atoms with van der Waals surface area (Å²) in [6, 6.07) is 15.8. The smallest absolute Gasteiger partial charge is 0.262 e. The van der Waals surface area contributed by atoms with Crippen molar-refractivity contribution < 1.29 is 13.2 Å². The fraction of sp³-hybridized carbons (Fsp3) is 0.280. The molecule has 0 aliphatic carbocycles. The van der Waals surface area contributed by atoms with Crippen molar-refractivity contribution in [2.75, 3.05) is 11.3 Å². The van der Waals surface area contributed by atoms with Crippen LogP contribution in [0.4, 0.5) is 5.69 Å². The molecule has 2 N–H and O–H groups in total. The summed E-state index contributed by atoms with van der Waals surface area (Å²) in [5.74, 6) is -0.263. The van der Waals surface area contributed by atoms with Gasteiger partial charge >= 0.3 is 0 Å². The Kier molecular flexibility index (Phi) is 6.99. The summed E-state index contributed by atoms with van der Waals surface area (Å²) in [5.41, 5.74) is 3.18. The van der Waals surface area contributed by atoms with Crippen LogP contribution in [0.15, 0.2) is 71.9 Å². The minimum atomic E-state index is -3.81. The highest BCUT2D eigenvalue weighted by molar-refractivity contribution is 7.92. The van der Waals surface area contributed by atoms with Gasteiger partial charge in [-0.1, -0.05) is 45.0 Å². The number of aryl methyl sites for hydroxylation is 1. The van der Waals surface area contributed by atoms with Crippen molar-refractivity contribution in [2.45, 2.75) is 44.4 Å². The molecule has 3 rings (SSSR count). The van der Waals surface area contributed by atoms with E-state index < -0.39 is 10.0 Å². The van der Waals surface area contributed by atoms with Crippen LogP contribution in [0.5, 0.6) is 0 Å². The van der Waals surface area contributed by atoms with Crippen molar-refractivity contribution in [2.24, 2.45) is 0 Å². The molecule has 0 atom stereocenters. The number of rotatable bonds is 7. The van der Waals surface area contributed by atoms with Crippen molar-refractivity contribution in [3.8, 4) is 0 Å². The van der Waals surface area contributed by atoms with Gasteiger partial charge in [0.1, 0.15) is 0 Å². The standard InChI is InChI=1S/C25H29N3O3S/c1-18-10-11-21(25(2,3)4)16-23(18)32(30,31)28-22-9-5-8-20(15-22)24(29)27-14-12-19-7-6-13-26-17-19/h5-11,13,15-17,28H,12,14H2,1-4H3,(H,27,29). The van der Waals surface area contributed by atoms with Gasteiger partial charge in [0.05, 0.1) is 4.90 Å². The van der Waals surface area contributed by atoms with Crippen LogP contribution < -0.4 is 10.0 Å². The van der Waals surface area contributed by atoms with Gasteiger partial charge < -0.3 is 5.32 Å². The molecule has 1 aromatic heterocycles. The normalized spacial score (nSPS) is 11.8. The first kappa shape index (κ1) is 23.5. The van der Waals surface area contributed by atoms with E-state index in [2.05, 4.69) is 15.0 Å². The van der Waals surface area contributed by atoms with Crippen LogP contribution in [0, 0.1) is 6.92 Å². The van der Waals surface area contributed by atoms with Crippen molar-refractivity contribution in [3.05, 3.63) is 89.2 Å². The van der Waals surface area contributed by atoms with E-state index in [1.807, 2.05) is 45.0 Å². The number of anilines is 1. The molecule has 0 radical (unpaired) electrons. The molecule has 0 aliphatic heterocycles. The average Bonchev–Trinajstić information content (AvgIpc) is 2.73. The molecular weight excluding hydrogens is 422 g/mol. The van der Waals surface area contributed by atoms with Gasteiger partial charge in [0.2, 0.25) is 0 Å². The maximum Gasteiger partial charge on any atom is 0.262 e. The predicted octanol–water partition coefficient (Wildman–Crippen LogP) is 4.46. The fourth-order valence-electron chi connectivity index (χ4n) is 3.26. The summed E-state index contributed by atoms with van der Waals surface area (Å²) in [6.07, 6.45) is 4.13. The molecule has 32 heavy (non-hydrogen) atoms. The molecule has 168 valence electrons. The summed E-state index contributed by atoms with van der Waals surface area (Å²) in [4.78, 5) is 16.8. The second-order valence-corrected chi connectivity index (χ2v) is 10.4. The lowest BCUT2D eigenvalue weighted by molar-refractivity contribution is 0.0954. The molecule has 1 amide bonds. The minimum absolute atomic E-state index is 0.175. The Morgan fingerprint density at radius 2 is 1.81 bits per heavy atom. The molecule has 0 spiro atoms. The van der Waals surface area contributed by atoms with Crippen molar-refractivity contribution in [1.29, 1.82) is 0 Å². The molecule has 1 heterocycles. The van der Waals surface area contributed by atoms with E-state index in [4.69, 9.17) is 0 Å². The van der Waals surface area contributed by atoms with Crippen LogP contribution in [0.3, 0.4) is 0 Å². The van der Waals surface area contributed by atoms with Gasteiger partial charge in [0.15, 0.2) is 0 Å². The first-order valence-electron chi connectivity index (χ1n) is 10.5. The van der Waals surface area contributed by atoms with Gasteiger partial charge in [0, 0.05) is 30.2 Å². The largest absolute Gasteiger partial charge is 0.352 e. The Labute approximate surface area is 190 Å². The molecule has 7 heteroatoms. The number of nitrogens with one attached hydrogen (secondary N) is 2. The Bertz CT molecular complexity index is 1200. The summed E-state index contributed by atoms with van der Waals surface area (Å²) in [6.45, 7) is 8.35. The number of carbonyl (C=O) groups excluding carboxylic acids is 1. The average molecular weight is 452 g/mol. The molecule has 6 nitrogen and oxygen atoms in total. The van der Waals surface area contributed by atoms with Crippen LogP contribution in [-0.2, 0) is 21.9 Å². The number of amides is 1. The van der Waals surface area contributed by atoms with Crippen LogP contribution in [-0.4, -0.2) is 25.9 Å². The molecule has 0 fully saturated rings. The van der Waals surface area contributed by atoms with E-state index in [-0.39, 0.29) is 16.2 Å². The zero-order valence-corrected chi connectivity index (χ0v) is 19.7. The Morgan fingerprint density at radius 3 is 2.50 bits per heavy atom. The molecule has 2 aromatic carbocycles. The zero-order valence-electron chi connectivity index (χ0n) is 18.8. The zero-order chi connectivity index (χ0) is 23.4. The van der Waals surface area contributed by atoms with Gasteiger partial charge in [-0.25, -0.2) is 8.42 Å². The van der Waals surface area contributed by atoms with Gasteiger partial charge in [-0.2, -0.15) is 0 Å². The third-order valence-electron chi connectivity index (χ3n) is 5.14. The third-order valence-corrected chi connectivity index (χ3v) is 6.67. The second-order valence-electron chi connectivity index (χ2n) is 8.78. The van der Waals surface area contributed by atoms with E-state index in [9.17, 15) is 13.2 Å². The lowest BCUT2D eigenvalue weighted by Crippen LogP contribution is -2.26. The van der Waals surface area contributed by atoms with Crippen molar-refractivity contribution >= 4 is 21.6 Å². The van der Waals surface area contributed by atoms with E-state index in [0.717, 1.165) is 11.1 Å². The summed E-state index contributed by atoms with van der Waals surface area (Å²) in [7, 11) is -3.81. The number of pyridine rings is 1. The Hall–Kier alpha value is -3.19. The first-order chi connectivity index (χ1) is 15.1. The second kappa shape index (κ2) is 9.53. The van der Waals surface area contributed by atoms with Crippen molar-refractivity contribution in [3.63, 3.8) is 0 Å². The third kappa shape index (κ3) is 5.95. The lowest BCUT2D eigenvalue weighted by atomic mass is 9.87. The SMILES string of the molecule is Cc1ccc(C(C)(C)C)cc1S(=O)(=O)Nc1cccc(C(=O)NCCc2cccnc2)c1. The number of aromatic nitrogens is 1. The molecule has 0 saturated heterocycles. The molecule has 3 aromatic rings. The van der Waals surface area contributed by atoms with Crippen LogP contribution in [0.25, 0.3) is 0 Å². The number of carbonyl (C=O) groups is 1. The van der Waals surface area contributed by atoms with Crippen molar-refractivity contribution in [1.82, 2.24) is 10.3 Å². The number of hydrogen-bond acceptors (Lipinski definition) is 4. The highest BCUT2D eigenvalue weighted by Crippen LogP contribution is 2.28. The van der Waals surface area contributed by atoms with E-state index in [1.165, 1.54) is 0 Å². The minimum Gasteiger partial charge on any atom is -0.352 e. The monoisotopic (exact) mass is 451 g/mol. The van der Waals surface area contributed by atoms with Gasteiger partial charge in [-0.3, -0.25) is 14.5 Å². The quantitative estimate of drug-likeness (QED) is 0.555. The number of hydrogen-bond donors (Lipinski definition) is 2. The number of benzene rings is 2. The van der Waals surface area contributed by atoms with Gasteiger partial charge in [-0.15, -0.1) is 0 Å². The van der Waals surface area contributed by atoms with E-state index >= 15 is 0 Å². The summed E-state index contributed by atoms with van der Waals surface area (Å²) < 4.78 is 28.8. The van der Waals surface area contributed by atoms with Gasteiger partial charge in [-0.05, 0) is 65.8 Å². The van der Waals surface area contributed by atoms with E-state index in [1.54, 1.807) is 49.6 Å². The van der Waals surface area contributed by atoms with Crippen LogP contribution in [0.2, 0.25) is 0 Å². The predicted molar refractivity (Wildman–Crippen MR) is 127 cm³/mol. The number of sulfonamides is 1. The van der Waals surface area contributed by atoms with Gasteiger partial charge in [0.25, 0.3) is 15.9 Å². The van der Waals surface area contributed by atoms with Crippen LogP contribution in [0.1, 0.15) is 47.8 Å². The maximum atomic E-state index is 13.1. The topological polar surface area (TPSA) is 88.2 Å². The lowest BCUT2D eigenvalue weighted by Gasteiger charge is -2.21. The Morgan fingerprint density at radius 1 is 1.03 bits per heavy atom.